The van der Waals surface area contributed by atoms with E-state index < -0.39 is 10.0 Å². The van der Waals surface area contributed by atoms with E-state index in [9.17, 15) is 8.42 Å². The molecular formula is C9H18N2O2S. The molecule has 2 heterocycles. The Kier molecular flexibility index (Phi) is 2.57. The Labute approximate surface area is 85.7 Å². The van der Waals surface area contributed by atoms with E-state index in [2.05, 4.69) is 5.32 Å². The molecule has 3 unspecified atom stereocenters. The minimum atomic E-state index is -2.98. The zero-order valence-electron chi connectivity index (χ0n) is 8.73. The van der Waals surface area contributed by atoms with Crippen LogP contribution in [0.25, 0.3) is 0 Å². The average molecular weight is 218 g/mol. The molecule has 0 aromatic carbocycles. The van der Waals surface area contributed by atoms with Gasteiger partial charge in [-0.25, -0.2) is 8.42 Å². The largest absolute Gasteiger partial charge is 0.316 e. The highest BCUT2D eigenvalue weighted by Crippen LogP contribution is 2.33. The molecule has 0 saturated carbocycles. The summed E-state index contributed by atoms with van der Waals surface area (Å²) < 4.78 is 25.2. The van der Waals surface area contributed by atoms with Gasteiger partial charge in [-0.15, -0.1) is 0 Å². The second kappa shape index (κ2) is 3.47. The Morgan fingerprint density at radius 1 is 1.43 bits per heavy atom. The number of nitrogens with one attached hydrogen (secondary N) is 1. The number of fused-ring (bicyclic) bond motifs is 1. The first kappa shape index (κ1) is 10.4. The third-order valence-electron chi connectivity index (χ3n) is 3.60. The first-order chi connectivity index (χ1) is 6.56. The van der Waals surface area contributed by atoms with Crippen LogP contribution in [0, 0.1) is 11.8 Å². The van der Waals surface area contributed by atoms with E-state index in [1.165, 1.54) is 0 Å². The van der Waals surface area contributed by atoms with Crippen LogP contribution in [0.2, 0.25) is 0 Å². The lowest BCUT2D eigenvalue weighted by Crippen LogP contribution is -2.38. The lowest BCUT2D eigenvalue weighted by Gasteiger charge is -2.22. The fourth-order valence-corrected chi connectivity index (χ4v) is 4.07. The van der Waals surface area contributed by atoms with Crippen LogP contribution in [-0.4, -0.2) is 44.2 Å². The van der Waals surface area contributed by atoms with Gasteiger partial charge in [0.25, 0.3) is 0 Å². The molecule has 0 aromatic heterocycles. The van der Waals surface area contributed by atoms with Gasteiger partial charge in [0.2, 0.25) is 10.0 Å². The van der Waals surface area contributed by atoms with Crippen molar-refractivity contribution in [2.75, 3.05) is 25.4 Å². The van der Waals surface area contributed by atoms with Gasteiger partial charge in [-0.2, -0.15) is 4.31 Å². The molecular weight excluding hydrogens is 200 g/mol. The molecule has 2 aliphatic rings. The molecule has 1 N–H and O–H groups in total. The average Bonchev–Trinajstić information content (AvgIpc) is 2.69. The molecule has 0 aromatic rings. The summed E-state index contributed by atoms with van der Waals surface area (Å²) in [7, 11) is -2.98. The molecule has 2 aliphatic heterocycles. The van der Waals surface area contributed by atoms with Crippen molar-refractivity contribution < 1.29 is 8.42 Å². The highest BCUT2D eigenvalue weighted by atomic mass is 32.2. The van der Waals surface area contributed by atoms with Gasteiger partial charge in [0, 0.05) is 12.6 Å². The Bertz CT molecular complexity index is 315. The van der Waals surface area contributed by atoms with Crippen LogP contribution in [0.15, 0.2) is 0 Å². The van der Waals surface area contributed by atoms with E-state index in [1.807, 2.05) is 6.92 Å². The van der Waals surface area contributed by atoms with Gasteiger partial charge < -0.3 is 5.32 Å². The predicted octanol–water partition coefficient (Wildman–Crippen LogP) is -0.124. The highest BCUT2D eigenvalue weighted by Gasteiger charge is 2.45. The molecule has 14 heavy (non-hydrogen) atoms. The van der Waals surface area contributed by atoms with Crippen molar-refractivity contribution in [2.24, 2.45) is 11.8 Å². The fourth-order valence-electron chi connectivity index (χ4n) is 2.66. The first-order valence-electron chi connectivity index (χ1n) is 5.26. The van der Waals surface area contributed by atoms with Crippen LogP contribution in [0.5, 0.6) is 0 Å². The van der Waals surface area contributed by atoms with Gasteiger partial charge in [-0.3, -0.25) is 0 Å². The SMILES string of the molecule is CCS(=O)(=O)N1CC2CNCC2C1C. The van der Waals surface area contributed by atoms with Gasteiger partial charge >= 0.3 is 0 Å². The van der Waals surface area contributed by atoms with Crippen molar-refractivity contribution in [3.8, 4) is 0 Å². The highest BCUT2D eigenvalue weighted by molar-refractivity contribution is 7.89. The maximum atomic E-state index is 11.7. The molecule has 2 fully saturated rings. The monoisotopic (exact) mass is 218 g/mol. The maximum absolute atomic E-state index is 11.7. The van der Waals surface area contributed by atoms with Crippen molar-refractivity contribution in [1.29, 1.82) is 0 Å². The van der Waals surface area contributed by atoms with E-state index in [1.54, 1.807) is 11.2 Å². The third kappa shape index (κ3) is 1.47. The van der Waals surface area contributed by atoms with Crippen molar-refractivity contribution in [2.45, 2.75) is 19.9 Å². The predicted molar refractivity (Wildman–Crippen MR) is 55.5 cm³/mol. The number of hydrogen-bond donors (Lipinski definition) is 1. The molecule has 0 spiro atoms. The summed E-state index contributed by atoms with van der Waals surface area (Å²) in [5.41, 5.74) is 0. The number of hydrogen-bond acceptors (Lipinski definition) is 3. The second-order valence-corrected chi connectivity index (χ2v) is 6.50. The number of nitrogens with zero attached hydrogens (tertiary/aromatic N) is 1. The van der Waals surface area contributed by atoms with Crippen LogP contribution in [0.4, 0.5) is 0 Å². The van der Waals surface area contributed by atoms with Crippen molar-refractivity contribution in [1.82, 2.24) is 9.62 Å². The van der Waals surface area contributed by atoms with E-state index in [-0.39, 0.29) is 11.8 Å². The molecule has 5 heteroatoms. The Balaban J connectivity index is 2.18. The molecule has 82 valence electrons. The molecule has 0 bridgehead atoms. The summed E-state index contributed by atoms with van der Waals surface area (Å²) in [6.07, 6.45) is 0. The zero-order chi connectivity index (χ0) is 10.3. The van der Waals surface area contributed by atoms with Crippen LogP contribution in [0.1, 0.15) is 13.8 Å². The van der Waals surface area contributed by atoms with E-state index in [4.69, 9.17) is 0 Å². The molecule has 0 radical (unpaired) electrons. The molecule has 0 amide bonds. The molecule has 4 nitrogen and oxygen atoms in total. The summed E-state index contributed by atoms with van der Waals surface area (Å²) in [4.78, 5) is 0. The fraction of sp³-hybridized carbons (Fsp3) is 1.00. The number of sulfonamides is 1. The third-order valence-corrected chi connectivity index (χ3v) is 5.53. The molecule has 2 rings (SSSR count). The normalized spacial score (nSPS) is 38.9. The van der Waals surface area contributed by atoms with Crippen molar-refractivity contribution >= 4 is 10.0 Å². The molecule has 2 saturated heterocycles. The van der Waals surface area contributed by atoms with Crippen molar-refractivity contribution in [3.05, 3.63) is 0 Å². The molecule has 0 aliphatic carbocycles. The lowest BCUT2D eigenvalue weighted by molar-refractivity contribution is 0.361. The van der Waals surface area contributed by atoms with Crippen LogP contribution < -0.4 is 5.32 Å². The molecule has 3 atom stereocenters. The first-order valence-corrected chi connectivity index (χ1v) is 6.87. The topological polar surface area (TPSA) is 49.4 Å². The smallest absolute Gasteiger partial charge is 0.214 e. The minimum Gasteiger partial charge on any atom is -0.316 e. The van der Waals surface area contributed by atoms with Gasteiger partial charge in [0.1, 0.15) is 0 Å². The minimum absolute atomic E-state index is 0.181. The van der Waals surface area contributed by atoms with Crippen LogP contribution in [-0.2, 0) is 10.0 Å². The van der Waals surface area contributed by atoms with Gasteiger partial charge in [0.05, 0.1) is 5.75 Å². The standard InChI is InChI=1S/C9H18N2O2S/c1-3-14(12,13)11-6-8-4-10-5-9(8)7(11)2/h7-10H,3-6H2,1-2H3. The summed E-state index contributed by atoms with van der Waals surface area (Å²) in [5, 5.41) is 3.32. The van der Waals surface area contributed by atoms with Crippen LogP contribution >= 0.6 is 0 Å². The van der Waals surface area contributed by atoms with Gasteiger partial charge in [0.15, 0.2) is 0 Å². The Morgan fingerprint density at radius 3 is 2.71 bits per heavy atom. The summed E-state index contributed by atoms with van der Waals surface area (Å²) in [6, 6.07) is 0.181. The van der Waals surface area contributed by atoms with E-state index in [0.717, 1.165) is 19.6 Å². The van der Waals surface area contributed by atoms with Gasteiger partial charge in [-0.1, -0.05) is 0 Å². The second-order valence-electron chi connectivity index (χ2n) is 4.29. The van der Waals surface area contributed by atoms with E-state index in [0.29, 0.717) is 11.8 Å². The number of rotatable bonds is 2. The van der Waals surface area contributed by atoms with Crippen LogP contribution in [0.3, 0.4) is 0 Å². The van der Waals surface area contributed by atoms with Crippen molar-refractivity contribution in [3.63, 3.8) is 0 Å². The maximum Gasteiger partial charge on any atom is 0.214 e. The quantitative estimate of drug-likeness (QED) is 0.703. The summed E-state index contributed by atoms with van der Waals surface area (Å²) in [6.45, 7) is 6.42. The summed E-state index contributed by atoms with van der Waals surface area (Å²) in [5.74, 6) is 1.28. The Morgan fingerprint density at radius 2 is 2.14 bits per heavy atom. The lowest BCUT2D eigenvalue weighted by atomic mass is 9.95. The Hall–Kier alpha value is -0.130. The van der Waals surface area contributed by atoms with Gasteiger partial charge in [-0.05, 0) is 38.8 Å². The summed E-state index contributed by atoms with van der Waals surface area (Å²) >= 11 is 0. The van der Waals surface area contributed by atoms with E-state index >= 15 is 0 Å². The zero-order valence-corrected chi connectivity index (χ0v) is 9.55.